The molecule has 0 amide bonds. The van der Waals surface area contributed by atoms with Crippen LogP contribution in [0.4, 0.5) is 0 Å². The number of hydrogen-bond acceptors (Lipinski definition) is 15. The van der Waals surface area contributed by atoms with Crippen LogP contribution < -0.4 is 0 Å². The van der Waals surface area contributed by atoms with E-state index in [1.807, 2.05) is 0 Å². The van der Waals surface area contributed by atoms with Crippen molar-refractivity contribution >= 4 is 39.5 Å². The molecule has 600 valence electrons. The third-order valence-electron chi connectivity index (χ3n) is 19.6. The topological polar surface area (TPSA) is 237 Å². The number of unbranched alkanes of at least 4 members (excludes halogenated alkanes) is 53. The molecule has 0 rings (SSSR count). The van der Waals surface area contributed by atoms with E-state index in [0.717, 1.165) is 95.8 Å². The Hall–Kier alpha value is -1.94. The Balaban J connectivity index is 5.26. The van der Waals surface area contributed by atoms with E-state index in [-0.39, 0.29) is 25.7 Å². The van der Waals surface area contributed by atoms with Crippen LogP contribution in [-0.4, -0.2) is 96.7 Å². The number of ether oxygens (including phenoxy) is 4. The van der Waals surface area contributed by atoms with E-state index in [1.165, 1.54) is 263 Å². The molecule has 0 aromatic rings. The fraction of sp³-hybridized carbons (Fsp3) is 0.951. The van der Waals surface area contributed by atoms with Crippen molar-refractivity contribution in [2.45, 2.75) is 457 Å². The molecule has 101 heavy (non-hydrogen) atoms. The van der Waals surface area contributed by atoms with Crippen LogP contribution in [0.15, 0.2) is 0 Å². The monoisotopic (exact) mass is 1480 g/mol. The molecule has 6 atom stereocenters. The lowest BCUT2D eigenvalue weighted by Gasteiger charge is -2.21. The van der Waals surface area contributed by atoms with Crippen LogP contribution in [-0.2, 0) is 65.4 Å². The van der Waals surface area contributed by atoms with Gasteiger partial charge >= 0.3 is 39.5 Å². The molecule has 0 aliphatic rings. The summed E-state index contributed by atoms with van der Waals surface area (Å²) in [5, 5.41) is 10.7. The van der Waals surface area contributed by atoms with Gasteiger partial charge in [0.1, 0.15) is 19.3 Å². The highest BCUT2D eigenvalue weighted by Crippen LogP contribution is 2.45. The zero-order chi connectivity index (χ0) is 74.1. The first-order valence-corrected chi connectivity index (χ1v) is 45.7. The molecule has 0 aliphatic heterocycles. The number of phosphoric ester groups is 2. The van der Waals surface area contributed by atoms with Crippen LogP contribution in [0.5, 0.6) is 0 Å². The quantitative estimate of drug-likeness (QED) is 0.0222. The Morgan fingerprint density at radius 2 is 0.475 bits per heavy atom. The number of rotatable bonds is 82. The molecule has 0 aromatic heterocycles. The molecule has 17 nitrogen and oxygen atoms in total. The highest BCUT2D eigenvalue weighted by molar-refractivity contribution is 7.47. The van der Waals surface area contributed by atoms with Crippen molar-refractivity contribution in [3.8, 4) is 0 Å². The summed E-state index contributed by atoms with van der Waals surface area (Å²) < 4.78 is 68.8. The molecule has 19 heteroatoms. The van der Waals surface area contributed by atoms with Crippen LogP contribution in [0.3, 0.4) is 0 Å². The summed E-state index contributed by atoms with van der Waals surface area (Å²) in [6.07, 6.45) is 66.4. The van der Waals surface area contributed by atoms with Gasteiger partial charge in [-0.3, -0.25) is 37.3 Å². The van der Waals surface area contributed by atoms with Crippen molar-refractivity contribution < 1.29 is 80.2 Å². The molecule has 0 radical (unpaired) electrons. The summed E-state index contributed by atoms with van der Waals surface area (Å²) >= 11 is 0. The summed E-state index contributed by atoms with van der Waals surface area (Å²) in [6.45, 7) is 7.37. The number of esters is 4. The summed E-state index contributed by atoms with van der Waals surface area (Å²) in [4.78, 5) is 73.1. The molecule has 0 spiro atoms. The highest BCUT2D eigenvalue weighted by atomic mass is 31.2. The molecular weight excluding hydrogens is 1320 g/mol. The minimum absolute atomic E-state index is 0.107. The number of aliphatic hydroxyl groups is 1. The number of carbonyl (C=O) groups excluding carboxylic acids is 4. The van der Waals surface area contributed by atoms with E-state index >= 15 is 0 Å². The fourth-order valence-corrected chi connectivity index (χ4v) is 14.3. The second kappa shape index (κ2) is 74.9. The molecule has 0 heterocycles. The average Bonchev–Trinajstić information content (AvgIpc) is 0.954. The van der Waals surface area contributed by atoms with Crippen molar-refractivity contribution in [3.05, 3.63) is 0 Å². The second-order valence-electron chi connectivity index (χ2n) is 29.8. The van der Waals surface area contributed by atoms with Gasteiger partial charge in [-0.25, -0.2) is 9.13 Å². The molecule has 0 bridgehead atoms. The van der Waals surface area contributed by atoms with E-state index < -0.39 is 97.5 Å². The first-order chi connectivity index (χ1) is 49.1. The van der Waals surface area contributed by atoms with Crippen molar-refractivity contribution in [2.75, 3.05) is 39.6 Å². The maximum Gasteiger partial charge on any atom is 0.472 e. The van der Waals surface area contributed by atoms with Crippen LogP contribution >= 0.6 is 15.6 Å². The van der Waals surface area contributed by atoms with Gasteiger partial charge in [0.15, 0.2) is 12.2 Å². The predicted molar refractivity (Wildman–Crippen MR) is 414 cm³/mol. The van der Waals surface area contributed by atoms with Gasteiger partial charge in [-0.15, -0.1) is 0 Å². The molecular formula is C82H160O17P2. The molecule has 3 unspecified atom stereocenters. The average molecular weight is 1480 g/mol. The Labute approximate surface area is 619 Å². The van der Waals surface area contributed by atoms with Crippen molar-refractivity contribution in [1.82, 2.24) is 0 Å². The van der Waals surface area contributed by atoms with E-state index in [2.05, 4.69) is 34.6 Å². The van der Waals surface area contributed by atoms with Gasteiger partial charge in [0, 0.05) is 25.7 Å². The van der Waals surface area contributed by atoms with Gasteiger partial charge in [0.2, 0.25) is 0 Å². The predicted octanol–water partition coefficient (Wildman–Crippen LogP) is 24.8. The summed E-state index contributed by atoms with van der Waals surface area (Å²) in [5.74, 6) is -1.30. The maximum atomic E-state index is 13.1. The third-order valence-corrected chi connectivity index (χ3v) is 21.5. The lowest BCUT2D eigenvalue weighted by atomic mass is 9.99. The number of hydrogen-bond donors (Lipinski definition) is 3. The summed E-state index contributed by atoms with van der Waals surface area (Å²) in [7, 11) is -9.92. The van der Waals surface area contributed by atoms with Crippen molar-refractivity contribution in [3.63, 3.8) is 0 Å². The smallest absolute Gasteiger partial charge is 0.462 e. The molecule has 0 aromatic carbocycles. The Kier molecular flexibility index (Phi) is 73.5. The zero-order valence-electron chi connectivity index (χ0n) is 66.1. The van der Waals surface area contributed by atoms with E-state index in [9.17, 15) is 43.2 Å². The highest BCUT2D eigenvalue weighted by Gasteiger charge is 2.30. The van der Waals surface area contributed by atoms with Gasteiger partial charge < -0.3 is 33.8 Å². The Morgan fingerprint density at radius 1 is 0.277 bits per heavy atom. The van der Waals surface area contributed by atoms with Crippen LogP contribution in [0, 0.1) is 5.92 Å². The first kappa shape index (κ1) is 99.1. The van der Waals surface area contributed by atoms with Gasteiger partial charge in [-0.05, 0) is 31.6 Å². The molecule has 0 aliphatic carbocycles. The van der Waals surface area contributed by atoms with Gasteiger partial charge in [0.05, 0.1) is 26.4 Å². The van der Waals surface area contributed by atoms with Crippen molar-refractivity contribution in [2.24, 2.45) is 5.92 Å². The van der Waals surface area contributed by atoms with Crippen LogP contribution in [0.2, 0.25) is 0 Å². The van der Waals surface area contributed by atoms with Crippen LogP contribution in [0.1, 0.15) is 439 Å². The maximum absolute atomic E-state index is 13.1. The fourth-order valence-electron chi connectivity index (χ4n) is 12.7. The molecule has 0 saturated heterocycles. The van der Waals surface area contributed by atoms with Gasteiger partial charge in [0.25, 0.3) is 0 Å². The zero-order valence-corrected chi connectivity index (χ0v) is 67.8. The Morgan fingerprint density at radius 3 is 0.703 bits per heavy atom. The first-order valence-electron chi connectivity index (χ1n) is 42.7. The third kappa shape index (κ3) is 74.7. The van der Waals surface area contributed by atoms with Crippen LogP contribution in [0.25, 0.3) is 0 Å². The number of phosphoric acid groups is 2. The summed E-state index contributed by atoms with van der Waals surface area (Å²) in [5.41, 5.74) is 0. The summed E-state index contributed by atoms with van der Waals surface area (Å²) in [6, 6.07) is 0. The van der Waals surface area contributed by atoms with Gasteiger partial charge in [-0.2, -0.15) is 0 Å². The van der Waals surface area contributed by atoms with Gasteiger partial charge in [-0.1, -0.05) is 388 Å². The molecule has 0 saturated carbocycles. The molecule has 0 fully saturated rings. The standard InChI is InChI=1S/C82H160O17P2/c1-6-10-13-16-19-22-25-28-30-31-32-33-35-38-41-47-52-57-62-67-81(86)98-77(71-93-80(85)66-61-56-51-46-40-37-34-29-26-23-20-17-14-11-7-2)73-96-100(88,89)94-69-76(83)70-95-101(90,91)97-74-78(72-92-79(84)65-60-55-50-45-39-36-27-24-21-18-15-12-8-3)99-82(87)68-63-58-53-48-43-42-44-49-54-59-64-75(5)9-4/h75-78,83H,6-74H2,1-5H3,(H,88,89)(H,90,91)/t75?,76-,77-,78-/m1/s1. The van der Waals surface area contributed by atoms with E-state index in [0.29, 0.717) is 25.7 Å². The number of aliphatic hydroxyl groups excluding tert-OH is 1. The lowest BCUT2D eigenvalue weighted by Crippen LogP contribution is -2.30. The minimum atomic E-state index is -4.96. The second-order valence-corrected chi connectivity index (χ2v) is 32.7. The minimum Gasteiger partial charge on any atom is -0.462 e. The normalized spacial score (nSPS) is 14.1. The van der Waals surface area contributed by atoms with Crippen molar-refractivity contribution in [1.29, 1.82) is 0 Å². The number of carbonyl (C=O) groups is 4. The Bertz CT molecular complexity index is 1930. The SMILES string of the molecule is CCCCCCCCCCCCCCCCCCCCCC(=O)O[C@H](COC(=O)CCCCCCCCCCCCCCCCC)COP(=O)(O)OC[C@@H](O)COP(=O)(O)OC[C@@H](COC(=O)CCCCCCCCCCCCCCC)OC(=O)CCCCCCCCCCCCC(C)CC. The van der Waals surface area contributed by atoms with E-state index in [4.69, 9.17) is 37.0 Å². The van der Waals surface area contributed by atoms with E-state index in [1.54, 1.807) is 0 Å². The largest absolute Gasteiger partial charge is 0.472 e. The molecule has 3 N–H and O–H groups in total. The lowest BCUT2D eigenvalue weighted by molar-refractivity contribution is -0.161.